The molecule has 0 radical (unpaired) electrons. The van der Waals surface area contributed by atoms with Crippen molar-refractivity contribution in [2.24, 2.45) is 0 Å². The fourth-order valence-corrected chi connectivity index (χ4v) is 3.61. The van der Waals surface area contributed by atoms with Crippen LogP contribution in [0.2, 0.25) is 0 Å². The molecule has 0 saturated carbocycles. The van der Waals surface area contributed by atoms with E-state index in [0.29, 0.717) is 33.5 Å². The van der Waals surface area contributed by atoms with Crippen molar-refractivity contribution >= 4 is 44.4 Å². The van der Waals surface area contributed by atoms with E-state index in [4.69, 9.17) is 4.74 Å². The maximum absolute atomic E-state index is 12.7. The monoisotopic (exact) mass is 491 g/mol. The zero-order chi connectivity index (χ0) is 22.5. The van der Waals surface area contributed by atoms with Crippen LogP contribution in [0, 0.1) is 0 Å². The number of nitrogens with one attached hydrogen (secondary N) is 2. The molecule has 0 saturated heterocycles. The summed E-state index contributed by atoms with van der Waals surface area (Å²) in [4.78, 5) is 44.4. The smallest absolute Gasteiger partial charge is 0.338 e. The van der Waals surface area contributed by atoms with Gasteiger partial charge in [-0.15, -0.1) is 0 Å². The number of fused-ring (bicyclic) bond motifs is 1. The third-order valence-corrected chi connectivity index (χ3v) is 5.43. The molecule has 0 aliphatic rings. The van der Waals surface area contributed by atoms with Gasteiger partial charge in [-0.1, -0.05) is 42.5 Å². The highest BCUT2D eigenvalue weighted by molar-refractivity contribution is 9.10. The van der Waals surface area contributed by atoms with Gasteiger partial charge in [0.15, 0.2) is 6.61 Å². The molecule has 8 heteroatoms. The van der Waals surface area contributed by atoms with Crippen molar-refractivity contribution in [3.05, 3.63) is 105 Å². The first-order valence-electron chi connectivity index (χ1n) is 9.78. The fraction of sp³-hybridized carbons (Fsp3) is 0.0833. The predicted octanol–water partition coefficient (Wildman–Crippen LogP) is 4.07. The number of benzene rings is 3. The number of halogens is 1. The average molecular weight is 492 g/mol. The molecule has 0 aliphatic carbocycles. The minimum absolute atomic E-state index is 0.231. The van der Waals surface area contributed by atoms with Crippen molar-refractivity contribution in [2.75, 3.05) is 11.9 Å². The zero-order valence-electron chi connectivity index (χ0n) is 16.8. The van der Waals surface area contributed by atoms with Gasteiger partial charge in [-0.3, -0.25) is 9.59 Å². The van der Waals surface area contributed by atoms with Gasteiger partial charge in [-0.05, 0) is 51.8 Å². The van der Waals surface area contributed by atoms with Crippen LogP contribution in [0.4, 0.5) is 5.69 Å². The summed E-state index contributed by atoms with van der Waals surface area (Å²) in [5, 5.41) is 3.18. The Labute approximate surface area is 191 Å². The number of rotatable bonds is 6. The fourth-order valence-electron chi connectivity index (χ4n) is 3.23. The van der Waals surface area contributed by atoms with Crippen LogP contribution in [0.1, 0.15) is 21.7 Å². The first-order valence-corrected chi connectivity index (χ1v) is 10.6. The summed E-state index contributed by atoms with van der Waals surface area (Å²) in [5.74, 6) is -0.658. The van der Waals surface area contributed by atoms with Gasteiger partial charge in [-0.2, -0.15) is 0 Å². The number of aromatic nitrogens is 2. The largest absolute Gasteiger partial charge is 0.452 e. The van der Waals surface area contributed by atoms with Crippen LogP contribution in [0.25, 0.3) is 10.9 Å². The van der Waals surface area contributed by atoms with E-state index in [9.17, 15) is 14.4 Å². The third kappa shape index (κ3) is 4.92. The highest BCUT2D eigenvalue weighted by Crippen LogP contribution is 2.21. The van der Waals surface area contributed by atoms with Crippen molar-refractivity contribution in [2.45, 2.75) is 6.42 Å². The molecule has 0 atom stereocenters. The average Bonchev–Trinajstić information content (AvgIpc) is 2.79. The Morgan fingerprint density at radius 2 is 1.69 bits per heavy atom. The molecular formula is C24H18BrN3O4. The van der Waals surface area contributed by atoms with Crippen LogP contribution < -0.4 is 10.9 Å². The van der Waals surface area contributed by atoms with E-state index < -0.39 is 18.5 Å². The Hall–Kier alpha value is -3.78. The number of aromatic amines is 1. The van der Waals surface area contributed by atoms with E-state index in [1.807, 2.05) is 12.1 Å². The SMILES string of the molecule is O=C(COC(=O)c1ccccc1Cc1nc2ccccc2c(=O)[nH]1)Nc1ccccc1Br. The summed E-state index contributed by atoms with van der Waals surface area (Å²) in [7, 11) is 0. The standard InChI is InChI=1S/C24H18BrN3O4/c25-18-10-4-6-12-20(18)27-22(29)14-32-24(31)16-8-2-1-7-15(16)13-21-26-19-11-5-3-9-17(19)23(30)28-21/h1-12H,13-14H2,(H,27,29)(H,26,28,30). The van der Waals surface area contributed by atoms with E-state index in [2.05, 4.69) is 31.2 Å². The Morgan fingerprint density at radius 1 is 0.969 bits per heavy atom. The molecule has 1 amide bonds. The summed E-state index contributed by atoms with van der Waals surface area (Å²) in [6.07, 6.45) is 0.231. The quantitative estimate of drug-likeness (QED) is 0.396. The Morgan fingerprint density at radius 3 is 2.53 bits per heavy atom. The van der Waals surface area contributed by atoms with Crippen LogP contribution in [-0.4, -0.2) is 28.5 Å². The van der Waals surface area contributed by atoms with Crippen molar-refractivity contribution in [1.82, 2.24) is 9.97 Å². The molecule has 0 fully saturated rings. The van der Waals surface area contributed by atoms with Crippen molar-refractivity contribution < 1.29 is 14.3 Å². The third-order valence-electron chi connectivity index (χ3n) is 4.74. The number of para-hydroxylation sites is 2. The zero-order valence-corrected chi connectivity index (χ0v) is 18.4. The lowest BCUT2D eigenvalue weighted by molar-refractivity contribution is -0.119. The molecule has 4 aromatic rings. The number of anilines is 1. The van der Waals surface area contributed by atoms with Gasteiger partial charge in [0.25, 0.3) is 11.5 Å². The molecule has 7 nitrogen and oxygen atoms in total. The van der Waals surface area contributed by atoms with Gasteiger partial charge < -0.3 is 15.0 Å². The van der Waals surface area contributed by atoms with Gasteiger partial charge >= 0.3 is 5.97 Å². The summed E-state index contributed by atoms with van der Waals surface area (Å²) in [6, 6.07) is 21.0. The molecule has 0 unspecified atom stereocenters. The molecular weight excluding hydrogens is 474 g/mol. The molecule has 4 rings (SSSR count). The summed E-state index contributed by atoms with van der Waals surface area (Å²) in [5.41, 5.74) is 1.85. The number of carbonyl (C=O) groups excluding carboxylic acids is 2. The topological polar surface area (TPSA) is 101 Å². The number of carbonyl (C=O) groups is 2. The molecule has 0 aliphatic heterocycles. The van der Waals surface area contributed by atoms with Crippen molar-refractivity contribution in [3.8, 4) is 0 Å². The molecule has 2 N–H and O–H groups in total. The maximum atomic E-state index is 12.7. The maximum Gasteiger partial charge on any atom is 0.338 e. The second-order valence-corrected chi connectivity index (χ2v) is 7.82. The van der Waals surface area contributed by atoms with E-state index in [1.54, 1.807) is 60.7 Å². The Bertz CT molecular complexity index is 1370. The number of hydrogen-bond acceptors (Lipinski definition) is 5. The van der Waals surface area contributed by atoms with E-state index in [1.165, 1.54) is 0 Å². The minimum atomic E-state index is -0.633. The van der Waals surface area contributed by atoms with E-state index >= 15 is 0 Å². The van der Waals surface area contributed by atoms with Crippen molar-refractivity contribution in [3.63, 3.8) is 0 Å². The first kappa shape index (κ1) is 21.5. The van der Waals surface area contributed by atoms with Gasteiger partial charge in [0, 0.05) is 10.9 Å². The van der Waals surface area contributed by atoms with Crippen molar-refractivity contribution in [1.29, 1.82) is 0 Å². The lowest BCUT2D eigenvalue weighted by atomic mass is 10.0. The number of amides is 1. The second kappa shape index (κ2) is 9.57. The lowest BCUT2D eigenvalue weighted by Gasteiger charge is -2.11. The highest BCUT2D eigenvalue weighted by Gasteiger charge is 2.16. The number of nitrogens with zero attached hydrogens (tertiary/aromatic N) is 1. The molecule has 1 aromatic heterocycles. The van der Waals surface area contributed by atoms with Crippen LogP contribution in [-0.2, 0) is 16.0 Å². The van der Waals surface area contributed by atoms with Gasteiger partial charge in [0.05, 0.1) is 22.2 Å². The second-order valence-electron chi connectivity index (χ2n) is 6.97. The summed E-state index contributed by atoms with van der Waals surface area (Å²) >= 11 is 3.35. The van der Waals surface area contributed by atoms with E-state index in [0.717, 1.165) is 4.47 Å². The Kier molecular flexibility index (Phi) is 6.42. The van der Waals surface area contributed by atoms with Gasteiger partial charge in [0.2, 0.25) is 0 Å². The summed E-state index contributed by atoms with van der Waals surface area (Å²) in [6.45, 7) is -0.431. The van der Waals surface area contributed by atoms with Crippen LogP contribution in [0.15, 0.2) is 82.1 Å². The summed E-state index contributed by atoms with van der Waals surface area (Å²) < 4.78 is 5.94. The first-order chi connectivity index (χ1) is 15.5. The number of esters is 1. The van der Waals surface area contributed by atoms with Crippen LogP contribution in [0.5, 0.6) is 0 Å². The molecule has 160 valence electrons. The van der Waals surface area contributed by atoms with Crippen LogP contribution in [0.3, 0.4) is 0 Å². The number of hydrogen-bond donors (Lipinski definition) is 2. The van der Waals surface area contributed by atoms with Gasteiger partial charge in [0.1, 0.15) is 5.82 Å². The number of ether oxygens (including phenoxy) is 1. The Balaban J connectivity index is 1.47. The number of H-pyrrole nitrogens is 1. The molecule has 1 heterocycles. The molecule has 32 heavy (non-hydrogen) atoms. The van der Waals surface area contributed by atoms with E-state index in [-0.39, 0.29) is 12.0 Å². The lowest BCUT2D eigenvalue weighted by Crippen LogP contribution is -2.21. The molecule has 3 aromatic carbocycles. The van der Waals surface area contributed by atoms with Crippen LogP contribution >= 0.6 is 15.9 Å². The molecule has 0 spiro atoms. The normalized spacial score (nSPS) is 10.7. The van der Waals surface area contributed by atoms with Gasteiger partial charge in [-0.25, -0.2) is 9.78 Å². The predicted molar refractivity (Wildman–Crippen MR) is 125 cm³/mol. The minimum Gasteiger partial charge on any atom is -0.452 e. The highest BCUT2D eigenvalue weighted by atomic mass is 79.9. The molecule has 0 bridgehead atoms.